The van der Waals surface area contributed by atoms with Crippen LogP contribution in [0.15, 0.2) is 16.3 Å². The molecule has 68 valence electrons. The van der Waals surface area contributed by atoms with Crippen molar-refractivity contribution in [3.63, 3.8) is 0 Å². The van der Waals surface area contributed by atoms with Gasteiger partial charge in [-0.3, -0.25) is 0 Å². The summed E-state index contributed by atoms with van der Waals surface area (Å²) in [6.45, 7) is 0.281. The molecular weight excluding hydrogens is 198 g/mol. The van der Waals surface area contributed by atoms with Gasteiger partial charge in [0, 0.05) is 7.11 Å². The average Bonchev–Trinajstić information content (AvgIpc) is 2.34. The fraction of sp³-hybridized carbons (Fsp3) is 0.333. The van der Waals surface area contributed by atoms with E-state index in [4.69, 9.17) is 9.88 Å². The van der Waals surface area contributed by atoms with Gasteiger partial charge in [0.25, 0.3) is 0 Å². The van der Waals surface area contributed by atoms with E-state index in [1.165, 1.54) is 24.5 Å². The van der Waals surface area contributed by atoms with Crippen molar-refractivity contribution in [1.82, 2.24) is 0 Å². The number of rotatable bonds is 3. The van der Waals surface area contributed by atoms with Gasteiger partial charge in [-0.2, -0.15) is 0 Å². The molecule has 0 saturated heterocycles. The smallest absolute Gasteiger partial charge is 0.239 e. The number of nitrogens with two attached hydrogens (primary N) is 1. The van der Waals surface area contributed by atoms with Crippen molar-refractivity contribution in [3.05, 3.63) is 16.3 Å². The Bertz CT molecular complexity index is 355. The van der Waals surface area contributed by atoms with Gasteiger partial charge in [-0.05, 0) is 11.4 Å². The van der Waals surface area contributed by atoms with Gasteiger partial charge < -0.3 is 4.74 Å². The SMILES string of the molecule is COCc1sccc1S(N)(=O)=O. The fourth-order valence-corrected chi connectivity index (χ4v) is 2.77. The molecule has 1 heterocycles. The zero-order valence-electron chi connectivity index (χ0n) is 6.48. The van der Waals surface area contributed by atoms with Crippen molar-refractivity contribution in [2.45, 2.75) is 11.5 Å². The van der Waals surface area contributed by atoms with Crippen molar-refractivity contribution in [3.8, 4) is 0 Å². The van der Waals surface area contributed by atoms with Crippen molar-refractivity contribution in [2.24, 2.45) is 5.14 Å². The lowest BCUT2D eigenvalue weighted by Crippen LogP contribution is -2.13. The summed E-state index contributed by atoms with van der Waals surface area (Å²) in [5, 5.41) is 6.63. The van der Waals surface area contributed by atoms with Crippen LogP contribution in [0.2, 0.25) is 0 Å². The van der Waals surface area contributed by atoms with E-state index in [2.05, 4.69) is 0 Å². The highest BCUT2D eigenvalue weighted by molar-refractivity contribution is 7.89. The molecule has 1 aromatic heterocycles. The summed E-state index contributed by atoms with van der Waals surface area (Å²) < 4.78 is 26.6. The topological polar surface area (TPSA) is 69.4 Å². The number of primary sulfonamides is 1. The lowest BCUT2D eigenvalue weighted by molar-refractivity contribution is 0.185. The lowest BCUT2D eigenvalue weighted by Gasteiger charge is -1.98. The van der Waals surface area contributed by atoms with Crippen LogP contribution in [0.5, 0.6) is 0 Å². The Morgan fingerprint density at radius 3 is 2.83 bits per heavy atom. The molecule has 1 rings (SSSR count). The highest BCUT2D eigenvalue weighted by Gasteiger charge is 2.14. The molecule has 0 saturated carbocycles. The maximum absolute atomic E-state index is 10.9. The highest BCUT2D eigenvalue weighted by Crippen LogP contribution is 2.20. The predicted molar refractivity (Wildman–Crippen MR) is 46.4 cm³/mol. The van der Waals surface area contributed by atoms with E-state index in [1.54, 1.807) is 5.38 Å². The molecule has 2 N–H and O–H groups in total. The molecule has 0 unspecified atom stereocenters. The molecule has 4 nitrogen and oxygen atoms in total. The molecular formula is C6H9NO3S2. The summed E-state index contributed by atoms with van der Waals surface area (Å²) in [6.07, 6.45) is 0. The van der Waals surface area contributed by atoms with Gasteiger partial charge in [0.1, 0.15) is 0 Å². The summed E-state index contributed by atoms with van der Waals surface area (Å²) in [7, 11) is -2.08. The Labute approximate surface area is 75.0 Å². The molecule has 0 bridgehead atoms. The first-order chi connectivity index (χ1) is 5.55. The predicted octanol–water partition coefficient (Wildman–Crippen LogP) is 0.542. The molecule has 0 amide bonds. The van der Waals surface area contributed by atoms with E-state index < -0.39 is 10.0 Å². The van der Waals surface area contributed by atoms with Gasteiger partial charge in [0.2, 0.25) is 10.0 Å². The Morgan fingerprint density at radius 1 is 1.67 bits per heavy atom. The standard InChI is InChI=1S/C6H9NO3S2/c1-10-4-5-6(2-3-11-5)12(7,8)9/h2-3H,4H2,1H3,(H2,7,8,9). The second-order valence-corrected chi connectivity index (χ2v) is 4.72. The monoisotopic (exact) mass is 207 g/mol. The summed E-state index contributed by atoms with van der Waals surface area (Å²) in [6, 6.07) is 1.48. The van der Waals surface area contributed by atoms with Crippen LogP contribution < -0.4 is 5.14 Å². The summed E-state index contributed by atoms with van der Waals surface area (Å²) in [5.74, 6) is 0. The second kappa shape index (κ2) is 3.53. The number of hydrogen-bond acceptors (Lipinski definition) is 4. The molecule has 0 aliphatic rings. The van der Waals surface area contributed by atoms with Gasteiger partial charge in [-0.15, -0.1) is 11.3 Å². The molecule has 0 spiro atoms. The largest absolute Gasteiger partial charge is 0.379 e. The normalized spacial score (nSPS) is 11.8. The van der Waals surface area contributed by atoms with E-state index >= 15 is 0 Å². The van der Waals surface area contributed by atoms with Crippen LogP contribution in [-0.2, 0) is 21.4 Å². The molecule has 0 atom stereocenters. The Hall–Kier alpha value is -0.430. The van der Waals surface area contributed by atoms with Crippen molar-refractivity contribution < 1.29 is 13.2 Å². The fourth-order valence-electron chi connectivity index (χ4n) is 0.819. The summed E-state index contributed by atoms with van der Waals surface area (Å²) in [5.41, 5.74) is 0. The maximum atomic E-state index is 10.9. The van der Waals surface area contributed by atoms with E-state index in [9.17, 15) is 8.42 Å². The molecule has 0 aliphatic heterocycles. The molecule has 12 heavy (non-hydrogen) atoms. The highest BCUT2D eigenvalue weighted by atomic mass is 32.2. The first-order valence-electron chi connectivity index (χ1n) is 3.14. The number of methoxy groups -OCH3 is 1. The lowest BCUT2D eigenvalue weighted by atomic mass is 10.5. The number of sulfonamides is 1. The minimum atomic E-state index is -3.58. The van der Waals surface area contributed by atoms with Gasteiger partial charge >= 0.3 is 0 Å². The Kier molecular flexibility index (Phi) is 2.84. The first kappa shape index (κ1) is 9.66. The van der Waals surface area contributed by atoms with Crippen LogP contribution in [0.4, 0.5) is 0 Å². The molecule has 6 heteroatoms. The summed E-state index contributed by atoms with van der Waals surface area (Å²) in [4.78, 5) is 0.800. The zero-order valence-corrected chi connectivity index (χ0v) is 8.11. The minimum Gasteiger partial charge on any atom is -0.379 e. The number of thiophene rings is 1. The third-order valence-corrected chi connectivity index (χ3v) is 3.31. The Balaban J connectivity index is 3.08. The molecule has 0 aliphatic carbocycles. The van der Waals surface area contributed by atoms with Crippen LogP contribution in [0.25, 0.3) is 0 Å². The Morgan fingerprint density at radius 2 is 2.33 bits per heavy atom. The van der Waals surface area contributed by atoms with Crippen LogP contribution in [0.1, 0.15) is 4.88 Å². The van der Waals surface area contributed by atoms with E-state index in [0.29, 0.717) is 4.88 Å². The van der Waals surface area contributed by atoms with E-state index in [0.717, 1.165) is 0 Å². The van der Waals surface area contributed by atoms with Crippen LogP contribution >= 0.6 is 11.3 Å². The average molecular weight is 207 g/mol. The van der Waals surface area contributed by atoms with Crippen molar-refractivity contribution >= 4 is 21.4 Å². The van der Waals surface area contributed by atoms with Gasteiger partial charge in [-0.1, -0.05) is 0 Å². The van der Waals surface area contributed by atoms with Crippen molar-refractivity contribution in [1.29, 1.82) is 0 Å². The van der Waals surface area contributed by atoms with Gasteiger partial charge in [0.15, 0.2) is 0 Å². The van der Waals surface area contributed by atoms with Gasteiger partial charge in [0.05, 0.1) is 16.4 Å². The van der Waals surface area contributed by atoms with E-state index in [1.807, 2.05) is 0 Å². The third-order valence-electron chi connectivity index (χ3n) is 1.29. The quantitative estimate of drug-likeness (QED) is 0.786. The van der Waals surface area contributed by atoms with Crippen molar-refractivity contribution in [2.75, 3.05) is 7.11 Å². The molecule has 0 aromatic carbocycles. The van der Waals surface area contributed by atoms with Crippen LogP contribution in [0.3, 0.4) is 0 Å². The summed E-state index contributed by atoms with van der Waals surface area (Å²) >= 11 is 1.32. The molecule has 0 radical (unpaired) electrons. The third kappa shape index (κ3) is 2.04. The number of ether oxygens (including phenoxy) is 1. The van der Waals surface area contributed by atoms with E-state index in [-0.39, 0.29) is 11.5 Å². The minimum absolute atomic E-state index is 0.161. The molecule has 0 fully saturated rings. The maximum Gasteiger partial charge on any atom is 0.239 e. The number of hydrogen-bond donors (Lipinski definition) is 1. The first-order valence-corrected chi connectivity index (χ1v) is 5.56. The zero-order chi connectivity index (χ0) is 9.19. The molecule has 1 aromatic rings. The van der Waals surface area contributed by atoms with Crippen LogP contribution in [0, 0.1) is 0 Å². The van der Waals surface area contributed by atoms with Gasteiger partial charge in [-0.25, -0.2) is 13.6 Å². The second-order valence-electron chi connectivity index (χ2n) is 2.19. The van der Waals surface area contributed by atoms with Crippen LogP contribution in [-0.4, -0.2) is 15.5 Å².